The lowest BCUT2D eigenvalue weighted by Gasteiger charge is -2.40. The van der Waals surface area contributed by atoms with Crippen molar-refractivity contribution < 1.29 is 35.9 Å². The van der Waals surface area contributed by atoms with Gasteiger partial charge in [0.25, 0.3) is 0 Å². The highest BCUT2D eigenvalue weighted by atomic mass is 19.4. The van der Waals surface area contributed by atoms with Crippen LogP contribution in [-0.2, 0) is 25.4 Å². The first-order chi connectivity index (χ1) is 16.3. The van der Waals surface area contributed by atoms with Crippen LogP contribution >= 0.6 is 0 Å². The molecule has 2 atom stereocenters. The summed E-state index contributed by atoms with van der Waals surface area (Å²) in [5, 5.41) is 12.3. The molecule has 3 aromatic carbocycles. The van der Waals surface area contributed by atoms with E-state index in [1.165, 1.54) is 0 Å². The van der Waals surface area contributed by atoms with Crippen molar-refractivity contribution in [3.8, 4) is 0 Å². The first-order valence-electron chi connectivity index (χ1n) is 11.6. The Morgan fingerprint density at radius 2 is 1.34 bits per heavy atom. The van der Waals surface area contributed by atoms with E-state index in [0.717, 1.165) is 34.9 Å². The second-order valence-electron chi connectivity index (χ2n) is 9.36. The number of nitrogens with zero attached hydrogens (tertiary/aromatic N) is 1. The summed E-state index contributed by atoms with van der Waals surface area (Å²) in [7, 11) is 0. The standard InChI is InChI=1S/C27H30F6NO/c1-3-4-11-34(16-19(2)35,17-20-9-10-22-7-5-6-8-23(22)12-20)18-21-13-24(26(28,29)30)15-25(14-21)27(31,32)33/h5-10,12-15,19,35H,3-4,11,16-18H2,1-2H3/q+1/t19-,34?/m0/s1. The van der Waals surface area contributed by atoms with Gasteiger partial charge in [-0.2, -0.15) is 26.3 Å². The van der Waals surface area contributed by atoms with E-state index in [0.29, 0.717) is 19.5 Å². The fraction of sp³-hybridized carbons (Fsp3) is 0.407. The summed E-state index contributed by atoms with van der Waals surface area (Å²) in [5.41, 5.74) is -1.79. The highest BCUT2D eigenvalue weighted by molar-refractivity contribution is 5.82. The van der Waals surface area contributed by atoms with Gasteiger partial charge in [0, 0.05) is 11.1 Å². The van der Waals surface area contributed by atoms with Gasteiger partial charge in [-0.1, -0.05) is 49.7 Å². The Bertz CT molecular complexity index is 1110. The lowest BCUT2D eigenvalue weighted by Crippen LogP contribution is -2.51. The molecule has 0 saturated heterocycles. The summed E-state index contributed by atoms with van der Waals surface area (Å²) in [5.74, 6) is 0. The highest BCUT2D eigenvalue weighted by Crippen LogP contribution is 2.37. The molecule has 0 aromatic heterocycles. The minimum absolute atomic E-state index is 0.0512. The van der Waals surface area contributed by atoms with Crippen LogP contribution in [0.1, 0.15) is 48.9 Å². The molecule has 0 radical (unpaired) electrons. The zero-order chi connectivity index (χ0) is 25.9. The van der Waals surface area contributed by atoms with Crippen molar-refractivity contribution in [3.05, 3.63) is 82.9 Å². The maximum atomic E-state index is 13.5. The summed E-state index contributed by atoms with van der Waals surface area (Å²) >= 11 is 0. The molecule has 0 fully saturated rings. The summed E-state index contributed by atoms with van der Waals surface area (Å²) in [6.07, 6.45) is -9.09. The number of hydrogen-bond acceptors (Lipinski definition) is 1. The van der Waals surface area contributed by atoms with Crippen molar-refractivity contribution in [3.63, 3.8) is 0 Å². The van der Waals surface area contributed by atoms with E-state index in [-0.39, 0.29) is 29.2 Å². The number of aliphatic hydroxyl groups is 1. The molecule has 0 aliphatic heterocycles. The molecular formula is C27H30F6NO+. The first kappa shape index (κ1) is 27.0. The average Bonchev–Trinajstić information content (AvgIpc) is 2.76. The third-order valence-corrected chi connectivity index (χ3v) is 6.13. The number of quaternary nitrogens is 1. The summed E-state index contributed by atoms with van der Waals surface area (Å²) in [4.78, 5) is 0. The Hall–Kier alpha value is -2.58. The number of fused-ring (bicyclic) bond motifs is 1. The van der Waals surface area contributed by atoms with Gasteiger partial charge in [0.05, 0.1) is 17.7 Å². The Morgan fingerprint density at radius 3 is 1.89 bits per heavy atom. The van der Waals surface area contributed by atoms with Crippen molar-refractivity contribution in [2.45, 2.75) is 58.2 Å². The fourth-order valence-corrected chi connectivity index (χ4v) is 4.71. The highest BCUT2D eigenvalue weighted by Gasteiger charge is 2.38. The van der Waals surface area contributed by atoms with Crippen LogP contribution in [-0.4, -0.2) is 28.8 Å². The van der Waals surface area contributed by atoms with Crippen molar-refractivity contribution in [1.82, 2.24) is 0 Å². The molecule has 0 spiro atoms. The predicted molar refractivity (Wildman–Crippen MR) is 124 cm³/mol. The molecule has 0 heterocycles. The largest absolute Gasteiger partial charge is 0.416 e. The zero-order valence-corrected chi connectivity index (χ0v) is 19.8. The Kier molecular flexibility index (Phi) is 8.17. The minimum Gasteiger partial charge on any atom is -0.388 e. The molecule has 0 bridgehead atoms. The number of rotatable bonds is 9. The maximum Gasteiger partial charge on any atom is 0.416 e. The van der Waals surface area contributed by atoms with Crippen LogP contribution in [0.2, 0.25) is 0 Å². The maximum absolute atomic E-state index is 13.5. The van der Waals surface area contributed by atoms with E-state index in [1.807, 2.05) is 49.4 Å². The summed E-state index contributed by atoms with van der Waals surface area (Å²) < 4.78 is 80.9. The molecule has 0 saturated carbocycles. The Balaban J connectivity index is 2.09. The third kappa shape index (κ3) is 7.21. The second kappa shape index (κ2) is 10.6. The van der Waals surface area contributed by atoms with Crippen LogP contribution in [0.25, 0.3) is 10.8 Å². The molecule has 0 aliphatic carbocycles. The molecule has 3 aromatic rings. The van der Waals surface area contributed by atoms with Gasteiger partial charge < -0.3 is 9.59 Å². The van der Waals surface area contributed by atoms with Crippen LogP contribution in [0.15, 0.2) is 60.7 Å². The van der Waals surface area contributed by atoms with Gasteiger partial charge in [0.2, 0.25) is 0 Å². The van der Waals surface area contributed by atoms with Gasteiger partial charge in [-0.05, 0) is 48.4 Å². The molecule has 0 amide bonds. The molecule has 8 heteroatoms. The number of unbranched alkanes of at least 4 members (excludes halogenated alkanes) is 1. The Labute approximate surface area is 201 Å². The topological polar surface area (TPSA) is 20.2 Å². The number of hydrogen-bond donors (Lipinski definition) is 1. The van der Waals surface area contributed by atoms with E-state index < -0.39 is 29.6 Å². The normalized spacial score (nSPS) is 15.2. The molecule has 3 rings (SSSR count). The smallest absolute Gasteiger partial charge is 0.388 e. The minimum atomic E-state index is -4.91. The lowest BCUT2D eigenvalue weighted by molar-refractivity contribution is -0.956. The Morgan fingerprint density at radius 1 is 0.771 bits per heavy atom. The second-order valence-corrected chi connectivity index (χ2v) is 9.36. The van der Waals surface area contributed by atoms with Gasteiger partial charge in [-0.25, -0.2) is 0 Å². The van der Waals surface area contributed by atoms with Gasteiger partial charge in [0.1, 0.15) is 25.7 Å². The average molecular weight is 499 g/mol. The van der Waals surface area contributed by atoms with Crippen LogP contribution in [0.5, 0.6) is 0 Å². The SMILES string of the molecule is CCCC[N+](Cc1cc(C(F)(F)F)cc(C(F)(F)F)c1)(Cc1ccc2ccccc2c1)C[C@H](C)O. The summed E-state index contributed by atoms with van der Waals surface area (Å²) in [6.45, 7) is 4.57. The quantitative estimate of drug-likeness (QED) is 0.238. The predicted octanol–water partition coefficient (Wildman–Crippen LogP) is 7.58. The molecule has 1 N–H and O–H groups in total. The molecule has 2 nitrogen and oxygen atoms in total. The molecule has 190 valence electrons. The number of benzene rings is 3. The van der Waals surface area contributed by atoms with E-state index in [1.54, 1.807) is 6.92 Å². The molecule has 35 heavy (non-hydrogen) atoms. The van der Waals surface area contributed by atoms with Gasteiger partial charge in [-0.3, -0.25) is 0 Å². The molecule has 1 unspecified atom stereocenters. The van der Waals surface area contributed by atoms with Crippen LogP contribution in [0.3, 0.4) is 0 Å². The van der Waals surface area contributed by atoms with Crippen LogP contribution < -0.4 is 0 Å². The van der Waals surface area contributed by atoms with Crippen molar-refractivity contribution in [2.75, 3.05) is 13.1 Å². The number of aliphatic hydroxyl groups excluding tert-OH is 1. The summed E-state index contributed by atoms with van der Waals surface area (Å²) in [6, 6.07) is 15.4. The van der Waals surface area contributed by atoms with Crippen LogP contribution in [0.4, 0.5) is 26.3 Å². The fourth-order valence-electron chi connectivity index (χ4n) is 4.71. The van der Waals surface area contributed by atoms with Crippen molar-refractivity contribution in [2.24, 2.45) is 0 Å². The zero-order valence-electron chi connectivity index (χ0n) is 19.8. The van der Waals surface area contributed by atoms with Gasteiger partial charge in [-0.15, -0.1) is 0 Å². The van der Waals surface area contributed by atoms with E-state index in [9.17, 15) is 31.4 Å². The van der Waals surface area contributed by atoms with Crippen molar-refractivity contribution >= 4 is 10.8 Å². The lowest BCUT2D eigenvalue weighted by atomic mass is 10.0. The molecular weight excluding hydrogens is 468 g/mol. The first-order valence-corrected chi connectivity index (χ1v) is 11.6. The third-order valence-electron chi connectivity index (χ3n) is 6.13. The van der Waals surface area contributed by atoms with Crippen molar-refractivity contribution in [1.29, 1.82) is 0 Å². The number of alkyl halides is 6. The van der Waals surface area contributed by atoms with E-state index >= 15 is 0 Å². The van der Waals surface area contributed by atoms with Gasteiger partial charge in [0.15, 0.2) is 0 Å². The van der Waals surface area contributed by atoms with E-state index in [2.05, 4.69) is 0 Å². The number of halogens is 6. The van der Waals surface area contributed by atoms with E-state index in [4.69, 9.17) is 0 Å². The monoisotopic (exact) mass is 498 g/mol. The van der Waals surface area contributed by atoms with Crippen LogP contribution in [0, 0.1) is 0 Å². The molecule has 0 aliphatic rings. The van der Waals surface area contributed by atoms with Gasteiger partial charge >= 0.3 is 12.4 Å².